The van der Waals surface area contributed by atoms with E-state index < -0.39 is 4.92 Å². The molecule has 5 nitrogen and oxygen atoms in total. The highest BCUT2D eigenvalue weighted by atomic mass is 16.6. The maximum Gasteiger partial charge on any atom is 0.270 e. The molecule has 1 fully saturated rings. The van der Waals surface area contributed by atoms with E-state index in [2.05, 4.69) is 17.9 Å². The maximum absolute atomic E-state index is 10.8. The van der Waals surface area contributed by atoms with Crippen molar-refractivity contribution in [1.29, 1.82) is 5.26 Å². The number of nitrogens with zero attached hydrogens (tertiary/aromatic N) is 3. The lowest BCUT2D eigenvalue weighted by molar-refractivity contribution is -0.384. The molecule has 0 aliphatic carbocycles. The number of anilines is 1. The number of nitro benzene ring substituents is 1. The van der Waals surface area contributed by atoms with Gasteiger partial charge in [-0.05, 0) is 31.2 Å². The minimum atomic E-state index is -0.454. The van der Waals surface area contributed by atoms with E-state index in [0.29, 0.717) is 5.56 Å². The molecule has 21 heavy (non-hydrogen) atoms. The summed E-state index contributed by atoms with van der Waals surface area (Å²) in [6, 6.07) is 6.69. The van der Waals surface area contributed by atoms with Gasteiger partial charge in [0, 0.05) is 25.2 Å². The molecule has 1 aromatic rings. The van der Waals surface area contributed by atoms with Crippen molar-refractivity contribution in [3.05, 3.63) is 33.9 Å². The fourth-order valence-electron chi connectivity index (χ4n) is 3.11. The number of rotatable bonds is 4. The Morgan fingerprint density at radius 3 is 2.90 bits per heavy atom. The monoisotopic (exact) mass is 287 g/mol. The highest BCUT2D eigenvalue weighted by molar-refractivity contribution is 5.63. The summed E-state index contributed by atoms with van der Waals surface area (Å²) in [4.78, 5) is 12.6. The molecular weight excluding hydrogens is 266 g/mol. The van der Waals surface area contributed by atoms with Crippen LogP contribution < -0.4 is 4.90 Å². The molecule has 1 atom stereocenters. The lowest BCUT2D eigenvalue weighted by Gasteiger charge is -2.23. The lowest BCUT2D eigenvalue weighted by Crippen LogP contribution is -2.25. The van der Waals surface area contributed by atoms with Gasteiger partial charge < -0.3 is 4.90 Å². The zero-order valence-electron chi connectivity index (χ0n) is 12.4. The van der Waals surface area contributed by atoms with Crippen LogP contribution in [0.4, 0.5) is 11.4 Å². The van der Waals surface area contributed by atoms with Crippen LogP contribution in [-0.4, -0.2) is 18.0 Å². The first-order valence-electron chi connectivity index (χ1n) is 7.59. The van der Waals surface area contributed by atoms with Crippen LogP contribution in [0.2, 0.25) is 0 Å². The molecule has 1 aliphatic heterocycles. The Balaban J connectivity index is 2.18. The van der Waals surface area contributed by atoms with Crippen LogP contribution >= 0.6 is 0 Å². The number of hydrogen-bond acceptors (Lipinski definition) is 4. The molecule has 0 bridgehead atoms. The van der Waals surface area contributed by atoms with Gasteiger partial charge in [0.15, 0.2) is 0 Å². The van der Waals surface area contributed by atoms with E-state index in [1.54, 1.807) is 6.07 Å². The van der Waals surface area contributed by atoms with Crippen molar-refractivity contribution in [3.8, 4) is 6.07 Å². The van der Waals surface area contributed by atoms with Crippen LogP contribution in [0.25, 0.3) is 0 Å². The molecule has 0 saturated carbocycles. The second-order valence-corrected chi connectivity index (χ2v) is 5.64. The zero-order valence-corrected chi connectivity index (χ0v) is 12.4. The molecule has 1 aliphatic rings. The molecule has 0 amide bonds. The third-order valence-electron chi connectivity index (χ3n) is 4.20. The highest BCUT2D eigenvalue weighted by Gasteiger charge is 2.20. The van der Waals surface area contributed by atoms with Crippen molar-refractivity contribution in [3.63, 3.8) is 0 Å². The Hall–Kier alpha value is -2.09. The average molecular weight is 287 g/mol. The third-order valence-corrected chi connectivity index (χ3v) is 4.20. The molecule has 1 saturated heterocycles. The van der Waals surface area contributed by atoms with E-state index in [9.17, 15) is 15.4 Å². The molecule has 0 N–H and O–H groups in total. The van der Waals surface area contributed by atoms with Gasteiger partial charge in [0.1, 0.15) is 6.07 Å². The summed E-state index contributed by atoms with van der Waals surface area (Å²) >= 11 is 0. The number of non-ortho nitro benzene ring substituents is 1. The smallest absolute Gasteiger partial charge is 0.270 e. The Bertz CT molecular complexity index is 551. The number of nitriles is 1. The van der Waals surface area contributed by atoms with E-state index in [1.807, 2.05) is 0 Å². The van der Waals surface area contributed by atoms with Gasteiger partial charge in [0.05, 0.1) is 16.2 Å². The zero-order chi connectivity index (χ0) is 15.2. The first kappa shape index (κ1) is 15.3. The van der Waals surface area contributed by atoms with Crippen LogP contribution in [0.1, 0.15) is 44.6 Å². The second-order valence-electron chi connectivity index (χ2n) is 5.64. The summed E-state index contributed by atoms with van der Waals surface area (Å²) < 4.78 is 0. The van der Waals surface area contributed by atoms with Crippen molar-refractivity contribution in [2.24, 2.45) is 5.92 Å². The van der Waals surface area contributed by atoms with Crippen LogP contribution in [0, 0.1) is 27.4 Å². The Kier molecular flexibility index (Phi) is 5.15. The summed E-state index contributed by atoms with van der Waals surface area (Å²) in [6.07, 6.45) is 5.96. The molecule has 1 aromatic carbocycles. The lowest BCUT2D eigenvalue weighted by atomic mass is 9.96. The Morgan fingerprint density at radius 1 is 1.43 bits per heavy atom. The van der Waals surface area contributed by atoms with Crippen molar-refractivity contribution < 1.29 is 4.92 Å². The first-order valence-corrected chi connectivity index (χ1v) is 7.59. The number of hydrogen-bond donors (Lipinski definition) is 0. The van der Waals surface area contributed by atoms with E-state index in [4.69, 9.17) is 0 Å². The van der Waals surface area contributed by atoms with E-state index in [0.717, 1.165) is 37.5 Å². The summed E-state index contributed by atoms with van der Waals surface area (Å²) in [5.74, 6) is 0.767. The normalized spacial score (nSPS) is 18.9. The molecule has 0 radical (unpaired) electrons. The fraction of sp³-hybridized carbons (Fsp3) is 0.562. The highest BCUT2D eigenvalue weighted by Crippen LogP contribution is 2.29. The van der Waals surface area contributed by atoms with Crippen molar-refractivity contribution in [2.75, 3.05) is 18.0 Å². The SMILES string of the molecule is CCCC1CCCN(c2ccc([N+](=O)[O-])cc2C#N)CC1. The summed E-state index contributed by atoms with van der Waals surface area (Å²) in [6.45, 7) is 4.07. The molecule has 1 unspecified atom stereocenters. The van der Waals surface area contributed by atoms with E-state index in [-0.39, 0.29) is 5.69 Å². The molecule has 0 aromatic heterocycles. The van der Waals surface area contributed by atoms with Gasteiger partial charge >= 0.3 is 0 Å². The van der Waals surface area contributed by atoms with Gasteiger partial charge in [-0.25, -0.2) is 0 Å². The fourth-order valence-corrected chi connectivity index (χ4v) is 3.11. The standard InChI is InChI=1S/C16H21N3O2/c1-2-4-13-5-3-9-18(10-8-13)16-7-6-15(19(20)21)11-14(16)12-17/h6-7,11,13H,2-5,8-10H2,1H3. The Labute approximate surface area is 125 Å². The molecule has 1 heterocycles. The van der Waals surface area contributed by atoms with Crippen molar-refractivity contribution in [1.82, 2.24) is 0 Å². The predicted molar refractivity (Wildman–Crippen MR) is 82.3 cm³/mol. The first-order chi connectivity index (χ1) is 10.2. The average Bonchev–Trinajstić information content (AvgIpc) is 2.72. The van der Waals surface area contributed by atoms with E-state index >= 15 is 0 Å². The maximum atomic E-state index is 10.8. The van der Waals surface area contributed by atoms with Gasteiger partial charge in [-0.15, -0.1) is 0 Å². The number of nitro groups is 1. The molecule has 112 valence electrons. The quantitative estimate of drug-likeness (QED) is 0.622. The van der Waals surface area contributed by atoms with E-state index in [1.165, 1.54) is 31.4 Å². The molecule has 2 rings (SSSR count). The summed E-state index contributed by atoms with van der Waals surface area (Å²) in [7, 11) is 0. The van der Waals surface area contributed by atoms with Gasteiger partial charge in [0.2, 0.25) is 0 Å². The minimum absolute atomic E-state index is 0.0195. The predicted octanol–water partition coefficient (Wildman–Crippen LogP) is 3.87. The largest absolute Gasteiger partial charge is 0.370 e. The molecule has 0 spiro atoms. The van der Waals surface area contributed by atoms with Crippen LogP contribution in [0.15, 0.2) is 18.2 Å². The Morgan fingerprint density at radius 2 is 2.24 bits per heavy atom. The molecular formula is C16H21N3O2. The van der Waals surface area contributed by atoms with Crippen molar-refractivity contribution >= 4 is 11.4 Å². The van der Waals surface area contributed by atoms with Crippen LogP contribution in [0.5, 0.6) is 0 Å². The minimum Gasteiger partial charge on any atom is -0.370 e. The van der Waals surface area contributed by atoms with Gasteiger partial charge in [-0.2, -0.15) is 5.26 Å². The summed E-state index contributed by atoms with van der Waals surface area (Å²) in [5, 5.41) is 20.1. The topological polar surface area (TPSA) is 70.2 Å². The molecule has 5 heteroatoms. The second kappa shape index (κ2) is 7.07. The third kappa shape index (κ3) is 3.72. The van der Waals surface area contributed by atoms with Crippen LogP contribution in [0.3, 0.4) is 0 Å². The summed E-state index contributed by atoms with van der Waals surface area (Å²) in [5.41, 5.74) is 1.22. The van der Waals surface area contributed by atoms with Crippen molar-refractivity contribution in [2.45, 2.75) is 39.0 Å². The number of benzene rings is 1. The van der Waals surface area contributed by atoms with Gasteiger partial charge in [-0.1, -0.05) is 19.8 Å². The van der Waals surface area contributed by atoms with Gasteiger partial charge in [0.25, 0.3) is 5.69 Å². The van der Waals surface area contributed by atoms with Gasteiger partial charge in [-0.3, -0.25) is 10.1 Å². The van der Waals surface area contributed by atoms with Crippen LogP contribution in [-0.2, 0) is 0 Å².